The first-order valence-electron chi connectivity index (χ1n) is 5.18. The van der Waals surface area contributed by atoms with Crippen LogP contribution in [0.1, 0.15) is 19.8 Å². The Kier molecular flexibility index (Phi) is 5.41. The fourth-order valence-corrected chi connectivity index (χ4v) is 1.28. The van der Waals surface area contributed by atoms with Gasteiger partial charge in [-0.1, -0.05) is 0 Å². The molecule has 0 saturated carbocycles. The minimum absolute atomic E-state index is 0.0328. The molecular formula is C9H14ClN5O2. The van der Waals surface area contributed by atoms with E-state index in [0.717, 1.165) is 0 Å². The highest BCUT2D eigenvalue weighted by molar-refractivity contribution is 6.28. The zero-order valence-corrected chi connectivity index (χ0v) is 10.2. The molecule has 0 saturated heterocycles. The molecule has 0 unspecified atom stereocenters. The Morgan fingerprint density at radius 1 is 1.47 bits per heavy atom. The molecule has 0 radical (unpaired) electrons. The number of carbonyl (C=O) groups excluding carboxylic acids is 1. The number of carbonyl (C=O) groups is 1. The molecule has 17 heavy (non-hydrogen) atoms. The minimum Gasteiger partial charge on any atom is -0.466 e. The average Bonchev–Trinajstić information content (AvgIpc) is 2.23. The standard InChI is InChI=1S/C9H14ClN5O2/c1-2-17-6(16)4-3-5-12-9-14-7(10)13-8(11)15-9/h2-5H2,1H3,(H3,11,12,13,14,15). The molecule has 3 N–H and O–H groups in total. The fraction of sp³-hybridized carbons (Fsp3) is 0.556. The number of aromatic nitrogens is 3. The molecule has 1 aromatic heterocycles. The molecule has 0 spiro atoms. The van der Waals surface area contributed by atoms with Gasteiger partial charge in [0.25, 0.3) is 0 Å². The van der Waals surface area contributed by atoms with Crippen molar-refractivity contribution in [1.82, 2.24) is 15.0 Å². The maximum absolute atomic E-state index is 11.0. The average molecular weight is 260 g/mol. The summed E-state index contributed by atoms with van der Waals surface area (Å²) in [5.74, 6) is 0.131. The number of esters is 1. The molecule has 94 valence electrons. The molecular weight excluding hydrogens is 246 g/mol. The van der Waals surface area contributed by atoms with Gasteiger partial charge in [0.2, 0.25) is 17.2 Å². The third-order valence-corrected chi connectivity index (χ3v) is 1.94. The molecule has 8 heteroatoms. The van der Waals surface area contributed by atoms with E-state index in [2.05, 4.69) is 20.3 Å². The quantitative estimate of drug-likeness (QED) is 0.577. The SMILES string of the molecule is CCOC(=O)CCCNc1nc(N)nc(Cl)n1. The normalized spacial score (nSPS) is 10.0. The van der Waals surface area contributed by atoms with Crippen LogP contribution >= 0.6 is 11.6 Å². The number of halogens is 1. The van der Waals surface area contributed by atoms with Crippen LogP contribution in [0.15, 0.2) is 0 Å². The third-order valence-electron chi connectivity index (χ3n) is 1.77. The van der Waals surface area contributed by atoms with Gasteiger partial charge in [0.05, 0.1) is 6.61 Å². The third kappa shape index (κ3) is 5.30. The Bertz CT molecular complexity index is 367. The van der Waals surface area contributed by atoms with Gasteiger partial charge in [-0.05, 0) is 24.9 Å². The van der Waals surface area contributed by atoms with Crippen LogP contribution in [-0.4, -0.2) is 34.1 Å². The van der Waals surface area contributed by atoms with E-state index in [9.17, 15) is 4.79 Å². The van der Waals surface area contributed by atoms with Crippen LogP contribution in [0.3, 0.4) is 0 Å². The van der Waals surface area contributed by atoms with Crippen LogP contribution in [0, 0.1) is 0 Å². The van der Waals surface area contributed by atoms with Crippen molar-refractivity contribution in [3.63, 3.8) is 0 Å². The van der Waals surface area contributed by atoms with Crippen molar-refractivity contribution in [2.45, 2.75) is 19.8 Å². The number of ether oxygens (including phenoxy) is 1. The summed E-state index contributed by atoms with van der Waals surface area (Å²) in [5, 5.41) is 2.92. The highest BCUT2D eigenvalue weighted by atomic mass is 35.5. The summed E-state index contributed by atoms with van der Waals surface area (Å²) in [6, 6.07) is 0. The molecule has 0 aromatic carbocycles. The Hall–Kier alpha value is -1.63. The summed E-state index contributed by atoms with van der Waals surface area (Å²) in [5.41, 5.74) is 5.39. The smallest absolute Gasteiger partial charge is 0.305 e. The van der Waals surface area contributed by atoms with Crippen LogP contribution in [0.25, 0.3) is 0 Å². The van der Waals surface area contributed by atoms with Crippen molar-refractivity contribution in [2.75, 3.05) is 24.2 Å². The molecule has 0 atom stereocenters. The molecule has 0 bridgehead atoms. The van der Waals surface area contributed by atoms with Gasteiger partial charge in [-0.25, -0.2) is 0 Å². The zero-order valence-electron chi connectivity index (χ0n) is 9.44. The van der Waals surface area contributed by atoms with Gasteiger partial charge in [0.15, 0.2) is 0 Å². The van der Waals surface area contributed by atoms with E-state index >= 15 is 0 Å². The van der Waals surface area contributed by atoms with Crippen LogP contribution in [0.2, 0.25) is 5.28 Å². The number of hydrogen-bond acceptors (Lipinski definition) is 7. The van der Waals surface area contributed by atoms with Gasteiger partial charge in [-0.2, -0.15) is 15.0 Å². The second kappa shape index (κ2) is 6.85. The van der Waals surface area contributed by atoms with E-state index in [-0.39, 0.29) is 17.2 Å². The second-order valence-electron chi connectivity index (χ2n) is 3.12. The highest BCUT2D eigenvalue weighted by Crippen LogP contribution is 2.06. The second-order valence-corrected chi connectivity index (χ2v) is 3.46. The number of hydrogen-bond donors (Lipinski definition) is 2. The monoisotopic (exact) mass is 259 g/mol. The number of nitrogens with one attached hydrogen (secondary N) is 1. The Morgan fingerprint density at radius 3 is 2.88 bits per heavy atom. The van der Waals surface area contributed by atoms with E-state index in [1.54, 1.807) is 6.92 Å². The van der Waals surface area contributed by atoms with Gasteiger partial charge in [-0.15, -0.1) is 0 Å². The number of rotatable bonds is 6. The largest absolute Gasteiger partial charge is 0.466 e. The van der Waals surface area contributed by atoms with Crippen molar-refractivity contribution in [3.8, 4) is 0 Å². The predicted octanol–water partition coefficient (Wildman–Crippen LogP) is 0.862. The first kappa shape index (κ1) is 13.4. The lowest BCUT2D eigenvalue weighted by Crippen LogP contribution is -2.11. The molecule has 0 amide bonds. The lowest BCUT2D eigenvalue weighted by Gasteiger charge is -2.05. The van der Waals surface area contributed by atoms with Crippen LogP contribution < -0.4 is 11.1 Å². The lowest BCUT2D eigenvalue weighted by atomic mass is 10.3. The van der Waals surface area contributed by atoms with Crippen molar-refractivity contribution < 1.29 is 9.53 Å². The van der Waals surface area contributed by atoms with Crippen molar-refractivity contribution in [3.05, 3.63) is 5.28 Å². The van der Waals surface area contributed by atoms with Crippen molar-refractivity contribution in [2.24, 2.45) is 0 Å². The van der Waals surface area contributed by atoms with Crippen LogP contribution in [-0.2, 0) is 9.53 Å². The van der Waals surface area contributed by atoms with Crippen LogP contribution in [0.5, 0.6) is 0 Å². The molecule has 0 fully saturated rings. The van der Waals surface area contributed by atoms with E-state index in [1.807, 2.05) is 0 Å². The summed E-state index contributed by atoms with van der Waals surface area (Å²) in [6.07, 6.45) is 0.956. The summed E-state index contributed by atoms with van der Waals surface area (Å²) in [7, 11) is 0. The summed E-state index contributed by atoms with van der Waals surface area (Å²) in [6.45, 7) is 2.69. The molecule has 0 aliphatic carbocycles. The Morgan fingerprint density at radius 2 is 2.24 bits per heavy atom. The summed E-state index contributed by atoms with van der Waals surface area (Å²) >= 11 is 5.60. The molecule has 1 aromatic rings. The first-order valence-corrected chi connectivity index (χ1v) is 5.56. The first-order chi connectivity index (χ1) is 8.11. The van der Waals surface area contributed by atoms with Crippen LogP contribution in [0.4, 0.5) is 11.9 Å². The topological polar surface area (TPSA) is 103 Å². The lowest BCUT2D eigenvalue weighted by molar-refractivity contribution is -0.143. The highest BCUT2D eigenvalue weighted by Gasteiger charge is 2.03. The number of nitrogens with two attached hydrogens (primary N) is 1. The summed E-state index contributed by atoms with van der Waals surface area (Å²) in [4.78, 5) is 22.3. The van der Waals surface area contributed by atoms with E-state index in [1.165, 1.54) is 0 Å². The maximum atomic E-state index is 11.0. The van der Waals surface area contributed by atoms with Crippen molar-refractivity contribution >= 4 is 29.5 Å². The maximum Gasteiger partial charge on any atom is 0.305 e. The minimum atomic E-state index is -0.220. The Balaban J connectivity index is 2.28. The van der Waals surface area contributed by atoms with Gasteiger partial charge < -0.3 is 15.8 Å². The number of nitrogens with zero attached hydrogens (tertiary/aromatic N) is 3. The van der Waals surface area contributed by atoms with Gasteiger partial charge in [-0.3, -0.25) is 4.79 Å². The van der Waals surface area contributed by atoms with Gasteiger partial charge >= 0.3 is 5.97 Å². The van der Waals surface area contributed by atoms with Gasteiger partial charge in [0, 0.05) is 13.0 Å². The van der Waals surface area contributed by atoms with Gasteiger partial charge in [0.1, 0.15) is 0 Å². The summed E-state index contributed by atoms with van der Waals surface area (Å²) < 4.78 is 4.78. The Labute approximate surface area is 104 Å². The predicted molar refractivity (Wildman–Crippen MR) is 63.6 cm³/mol. The van der Waals surface area contributed by atoms with Crippen molar-refractivity contribution in [1.29, 1.82) is 0 Å². The number of nitrogen functional groups attached to an aromatic ring is 1. The molecule has 0 aliphatic rings. The molecule has 1 rings (SSSR count). The zero-order chi connectivity index (χ0) is 12.7. The molecule has 7 nitrogen and oxygen atoms in total. The molecule has 1 heterocycles. The molecule has 0 aliphatic heterocycles. The number of anilines is 2. The van der Waals surface area contributed by atoms with E-state index in [0.29, 0.717) is 31.9 Å². The van der Waals surface area contributed by atoms with E-state index < -0.39 is 0 Å². The fourth-order valence-electron chi connectivity index (χ4n) is 1.11. The van der Waals surface area contributed by atoms with E-state index in [4.69, 9.17) is 22.1 Å².